The molecule has 0 aromatic heterocycles. The van der Waals surface area contributed by atoms with E-state index in [0.717, 1.165) is 0 Å². The van der Waals surface area contributed by atoms with Crippen LogP contribution >= 0.6 is 11.6 Å². The van der Waals surface area contributed by atoms with Crippen molar-refractivity contribution in [1.29, 1.82) is 0 Å². The van der Waals surface area contributed by atoms with Gasteiger partial charge in [-0.3, -0.25) is 4.79 Å². The third kappa shape index (κ3) is 1.75. The van der Waals surface area contributed by atoms with Crippen molar-refractivity contribution in [2.24, 2.45) is 0 Å². The van der Waals surface area contributed by atoms with Gasteiger partial charge in [0.15, 0.2) is 6.29 Å². The van der Waals surface area contributed by atoms with Crippen LogP contribution in [0.1, 0.15) is 41.3 Å². The highest BCUT2D eigenvalue weighted by Gasteiger charge is 2.15. The molecule has 0 aliphatic rings. The smallest absolute Gasteiger partial charge is 0.154 e. The molecule has 0 aliphatic carbocycles. The minimum absolute atomic E-state index is 0.0527. The Balaban J connectivity index is 3.50. The van der Waals surface area contributed by atoms with Crippen molar-refractivity contribution in [2.45, 2.75) is 26.7 Å². The van der Waals surface area contributed by atoms with Gasteiger partial charge in [-0.15, -0.1) is 0 Å². The lowest BCUT2D eigenvalue weighted by molar-refractivity contribution is 0.112. The second-order valence-electron chi connectivity index (χ2n) is 3.61. The number of carbonyl (C=O) groups is 1. The minimum Gasteiger partial charge on any atom is -0.507 e. The van der Waals surface area contributed by atoms with Crippen LogP contribution in [0, 0.1) is 6.92 Å². The van der Waals surface area contributed by atoms with E-state index in [1.165, 1.54) is 0 Å². The van der Waals surface area contributed by atoms with Crippen LogP contribution in [0.15, 0.2) is 6.07 Å². The number of hydrogen-bond donors (Lipinski definition) is 1. The first-order valence-electron chi connectivity index (χ1n) is 4.46. The molecule has 0 atom stereocenters. The summed E-state index contributed by atoms with van der Waals surface area (Å²) < 4.78 is 0. The zero-order chi connectivity index (χ0) is 10.9. The summed E-state index contributed by atoms with van der Waals surface area (Å²) in [7, 11) is 0. The average molecular weight is 213 g/mol. The summed E-state index contributed by atoms with van der Waals surface area (Å²) in [5.74, 6) is 0.198. The van der Waals surface area contributed by atoms with Crippen molar-refractivity contribution in [3.05, 3.63) is 27.8 Å². The summed E-state index contributed by atoms with van der Waals surface area (Å²) in [6.07, 6.45) is 0.641. The van der Waals surface area contributed by atoms with Crippen LogP contribution in [0.2, 0.25) is 5.02 Å². The van der Waals surface area contributed by atoms with Crippen molar-refractivity contribution >= 4 is 17.9 Å². The predicted octanol–water partition coefficient (Wildman–Crippen LogP) is 3.29. The monoisotopic (exact) mass is 212 g/mol. The lowest BCUT2D eigenvalue weighted by Gasteiger charge is -2.13. The maximum Gasteiger partial charge on any atom is 0.154 e. The van der Waals surface area contributed by atoms with E-state index in [0.29, 0.717) is 28.0 Å². The lowest BCUT2D eigenvalue weighted by atomic mass is 9.96. The summed E-state index contributed by atoms with van der Waals surface area (Å²) in [5.41, 5.74) is 1.63. The molecule has 1 aromatic carbocycles. The van der Waals surface area contributed by atoms with E-state index in [4.69, 9.17) is 11.6 Å². The fraction of sp³-hybridized carbons (Fsp3) is 0.364. The summed E-state index contributed by atoms with van der Waals surface area (Å²) in [4.78, 5) is 10.8. The zero-order valence-electron chi connectivity index (χ0n) is 8.47. The van der Waals surface area contributed by atoms with Crippen molar-refractivity contribution in [2.75, 3.05) is 0 Å². The Morgan fingerprint density at radius 1 is 1.50 bits per heavy atom. The number of phenolic OH excluding ortho intramolecular Hbond substituents is 1. The van der Waals surface area contributed by atoms with Gasteiger partial charge < -0.3 is 5.11 Å². The molecule has 14 heavy (non-hydrogen) atoms. The van der Waals surface area contributed by atoms with Gasteiger partial charge >= 0.3 is 0 Å². The van der Waals surface area contributed by atoms with Gasteiger partial charge in [0, 0.05) is 5.02 Å². The third-order valence-corrected chi connectivity index (χ3v) is 2.71. The van der Waals surface area contributed by atoms with Crippen LogP contribution in [0.25, 0.3) is 0 Å². The molecule has 0 radical (unpaired) electrons. The van der Waals surface area contributed by atoms with Gasteiger partial charge in [-0.05, 0) is 30.0 Å². The molecule has 2 nitrogen and oxygen atoms in total. The zero-order valence-corrected chi connectivity index (χ0v) is 9.22. The topological polar surface area (TPSA) is 37.3 Å². The second kappa shape index (κ2) is 4.01. The molecule has 1 N–H and O–H groups in total. The Morgan fingerprint density at radius 3 is 2.50 bits per heavy atom. The molecule has 3 heteroatoms. The first-order valence-corrected chi connectivity index (χ1v) is 4.84. The van der Waals surface area contributed by atoms with E-state index < -0.39 is 0 Å². The summed E-state index contributed by atoms with van der Waals surface area (Å²) >= 11 is 5.94. The first kappa shape index (κ1) is 11.1. The molecular formula is C11H13ClO2. The SMILES string of the molecule is Cc1c(Cl)cc(C(C)C)c(O)c1C=O. The van der Waals surface area contributed by atoms with Crippen LogP contribution in [0.3, 0.4) is 0 Å². The van der Waals surface area contributed by atoms with Gasteiger partial charge in [0.05, 0.1) is 5.56 Å². The Hall–Kier alpha value is -1.02. The molecule has 1 aromatic rings. The molecule has 0 unspecified atom stereocenters. The van der Waals surface area contributed by atoms with E-state index in [-0.39, 0.29) is 11.7 Å². The van der Waals surface area contributed by atoms with E-state index >= 15 is 0 Å². The first-order chi connectivity index (χ1) is 6.49. The van der Waals surface area contributed by atoms with E-state index in [1.54, 1.807) is 13.0 Å². The molecule has 0 aliphatic heterocycles. The van der Waals surface area contributed by atoms with Gasteiger partial charge in [0.25, 0.3) is 0 Å². The summed E-state index contributed by atoms with van der Waals surface area (Å²) in [6.45, 7) is 5.60. The van der Waals surface area contributed by atoms with Crippen LogP contribution in [-0.4, -0.2) is 11.4 Å². The second-order valence-corrected chi connectivity index (χ2v) is 4.01. The van der Waals surface area contributed by atoms with E-state index in [9.17, 15) is 9.90 Å². The van der Waals surface area contributed by atoms with Gasteiger partial charge in [0.1, 0.15) is 5.75 Å². The highest BCUT2D eigenvalue weighted by Crippen LogP contribution is 2.34. The molecule has 0 saturated carbocycles. The molecule has 0 spiro atoms. The van der Waals surface area contributed by atoms with Crippen LogP contribution in [0.5, 0.6) is 5.75 Å². The van der Waals surface area contributed by atoms with Crippen molar-refractivity contribution < 1.29 is 9.90 Å². The van der Waals surface area contributed by atoms with Crippen LogP contribution in [-0.2, 0) is 0 Å². The standard InChI is InChI=1S/C11H13ClO2/c1-6(2)8-4-10(12)7(3)9(5-13)11(8)14/h4-6,14H,1-3H3. The molecule has 76 valence electrons. The van der Waals surface area contributed by atoms with Gasteiger partial charge in [0.2, 0.25) is 0 Å². The normalized spacial score (nSPS) is 10.6. The molecule has 1 rings (SSSR count). The van der Waals surface area contributed by atoms with Crippen LogP contribution < -0.4 is 0 Å². The largest absolute Gasteiger partial charge is 0.507 e. The number of carbonyl (C=O) groups excluding carboxylic acids is 1. The third-order valence-electron chi connectivity index (χ3n) is 2.31. The summed E-state index contributed by atoms with van der Waals surface area (Å²) in [6, 6.07) is 1.71. The maximum atomic E-state index is 10.8. The average Bonchev–Trinajstić information content (AvgIpc) is 2.12. The quantitative estimate of drug-likeness (QED) is 0.764. The van der Waals surface area contributed by atoms with Crippen molar-refractivity contribution in [1.82, 2.24) is 0 Å². The number of phenols is 1. The fourth-order valence-electron chi connectivity index (χ4n) is 1.36. The summed E-state index contributed by atoms with van der Waals surface area (Å²) in [5, 5.41) is 10.3. The van der Waals surface area contributed by atoms with Crippen molar-refractivity contribution in [3.63, 3.8) is 0 Å². The van der Waals surface area contributed by atoms with Gasteiger partial charge in [-0.2, -0.15) is 0 Å². The highest BCUT2D eigenvalue weighted by molar-refractivity contribution is 6.31. The number of aromatic hydroxyl groups is 1. The van der Waals surface area contributed by atoms with Crippen molar-refractivity contribution in [3.8, 4) is 5.75 Å². The molecular weight excluding hydrogens is 200 g/mol. The number of aldehydes is 1. The van der Waals surface area contributed by atoms with Crippen LogP contribution in [0.4, 0.5) is 0 Å². The number of benzene rings is 1. The number of hydrogen-bond acceptors (Lipinski definition) is 2. The minimum atomic E-state index is 0.0527. The van der Waals surface area contributed by atoms with E-state index in [2.05, 4.69) is 0 Å². The Morgan fingerprint density at radius 2 is 2.07 bits per heavy atom. The molecule has 0 saturated heterocycles. The Labute approximate surface area is 88.5 Å². The predicted molar refractivity (Wildman–Crippen MR) is 57.3 cm³/mol. The van der Waals surface area contributed by atoms with Gasteiger partial charge in [-0.1, -0.05) is 25.4 Å². The Kier molecular flexibility index (Phi) is 3.17. The lowest BCUT2D eigenvalue weighted by Crippen LogP contribution is -1.96. The molecule has 0 bridgehead atoms. The van der Waals surface area contributed by atoms with Gasteiger partial charge in [-0.25, -0.2) is 0 Å². The maximum absolute atomic E-state index is 10.8. The highest BCUT2D eigenvalue weighted by atomic mass is 35.5. The molecule has 0 amide bonds. The number of halogens is 1. The molecule has 0 heterocycles. The fourth-order valence-corrected chi connectivity index (χ4v) is 1.58. The van der Waals surface area contributed by atoms with E-state index in [1.807, 2.05) is 13.8 Å². The molecule has 0 fully saturated rings. The Bertz CT molecular complexity index is 370. The number of rotatable bonds is 2.